The smallest absolute Gasteiger partial charge is 0.193 e. The van der Waals surface area contributed by atoms with E-state index in [1.165, 1.54) is 33.1 Å². The number of aliphatic hydroxyl groups is 1. The largest absolute Gasteiger partial charge is 0.382 e. The molecular formula is C24H32O3. The van der Waals surface area contributed by atoms with E-state index in [4.69, 9.17) is 0 Å². The molecule has 2 aromatic rings. The standard InChI is InChI=1S/C19H20O3.C5H12/c1-13(20)16-8-4-14(5-9-16)12-15-6-10-17(11-7-15)18(21)19(2,3)22;1-3-5-4-2/h4-11,22H,12H2,1-3H3;3-5H2,1-2H3. The van der Waals surface area contributed by atoms with Gasteiger partial charge in [0.25, 0.3) is 0 Å². The summed E-state index contributed by atoms with van der Waals surface area (Å²) in [6.07, 6.45) is 4.81. The number of benzene rings is 2. The van der Waals surface area contributed by atoms with Crippen molar-refractivity contribution in [2.24, 2.45) is 0 Å². The molecule has 0 spiro atoms. The minimum Gasteiger partial charge on any atom is -0.382 e. The number of carbonyl (C=O) groups is 2. The molecule has 1 N–H and O–H groups in total. The lowest BCUT2D eigenvalue weighted by Crippen LogP contribution is -2.31. The summed E-state index contributed by atoms with van der Waals surface area (Å²) in [4.78, 5) is 23.2. The van der Waals surface area contributed by atoms with Crippen LogP contribution in [0.25, 0.3) is 0 Å². The second-order valence-electron chi connectivity index (χ2n) is 7.37. The van der Waals surface area contributed by atoms with Gasteiger partial charge in [-0.3, -0.25) is 9.59 Å². The Morgan fingerprint density at radius 1 is 0.815 bits per heavy atom. The second-order valence-corrected chi connectivity index (χ2v) is 7.37. The Kier molecular flexibility index (Phi) is 9.10. The number of unbranched alkanes of at least 4 members (excludes halogenated alkanes) is 2. The van der Waals surface area contributed by atoms with Crippen LogP contribution in [0.4, 0.5) is 0 Å². The summed E-state index contributed by atoms with van der Waals surface area (Å²) in [7, 11) is 0. The van der Waals surface area contributed by atoms with Crippen LogP contribution in [-0.4, -0.2) is 22.3 Å². The Labute approximate surface area is 163 Å². The van der Waals surface area contributed by atoms with Gasteiger partial charge < -0.3 is 5.11 Å². The lowest BCUT2D eigenvalue weighted by Gasteiger charge is -2.15. The fourth-order valence-electron chi connectivity index (χ4n) is 2.57. The van der Waals surface area contributed by atoms with E-state index in [1.807, 2.05) is 36.4 Å². The van der Waals surface area contributed by atoms with E-state index >= 15 is 0 Å². The first-order chi connectivity index (χ1) is 12.7. The van der Waals surface area contributed by atoms with E-state index in [9.17, 15) is 14.7 Å². The van der Waals surface area contributed by atoms with Gasteiger partial charge in [0.05, 0.1) is 0 Å². The first kappa shape index (κ1) is 22.8. The molecule has 0 unspecified atom stereocenters. The molecular weight excluding hydrogens is 336 g/mol. The van der Waals surface area contributed by atoms with Crippen molar-refractivity contribution < 1.29 is 14.7 Å². The molecule has 0 atom stereocenters. The Morgan fingerprint density at radius 2 is 1.22 bits per heavy atom. The molecule has 2 rings (SSSR count). The summed E-state index contributed by atoms with van der Waals surface area (Å²) in [5, 5.41) is 9.74. The van der Waals surface area contributed by atoms with Crippen LogP contribution in [0.15, 0.2) is 48.5 Å². The summed E-state index contributed by atoms with van der Waals surface area (Å²) in [6, 6.07) is 14.8. The fraction of sp³-hybridized carbons (Fsp3) is 0.417. The van der Waals surface area contributed by atoms with Crippen LogP contribution in [0.1, 0.15) is 85.7 Å². The normalized spacial score (nSPS) is 10.7. The van der Waals surface area contributed by atoms with Crippen LogP contribution in [0.5, 0.6) is 0 Å². The molecule has 0 fully saturated rings. The van der Waals surface area contributed by atoms with E-state index in [1.54, 1.807) is 19.1 Å². The van der Waals surface area contributed by atoms with Crippen LogP contribution >= 0.6 is 0 Å². The molecule has 0 bridgehead atoms. The van der Waals surface area contributed by atoms with Gasteiger partial charge in [0.15, 0.2) is 11.6 Å². The molecule has 0 heterocycles. The third-order valence-electron chi connectivity index (χ3n) is 4.25. The van der Waals surface area contributed by atoms with Crippen molar-refractivity contribution in [1.29, 1.82) is 0 Å². The number of ketones is 2. The van der Waals surface area contributed by atoms with Crippen LogP contribution in [0.2, 0.25) is 0 Å². The van der Waals surface area contributed by atoms with E-state index in [0.29, 0.717) is 11.1 Å². The fourth-order valence-corrected chi connectivity index (χ4v) is 2.57. The first-order valence-electron chi connectivity index (χ1n) is 9.65. The third-order valence-corrected chi connectivity index (χ3v) is 4.25. The minimum atomic E-state index is -1.36. The van der Waals surface area contributed by atoms with E-state index in [2.05, 4.69) is 13.8 Å². The first-order valence-corrected chi connectivity index (χ1v) is 9.65. The predicted octanol–water partition coefficient (Wildman–Crippen LogP) is 5.63. The van der Waals surface area contributed by atoms with E-state index in [0.717, 1.165) is 17.5 Å². The quantitative estimate of drug-likeness (QED) is 0.644. The Balaban J connectivity index is 0.000000646. The molecule has 0 saturated carbocycles. The number of Topliss-reactive ketones (excluding diaryl/α,β-unsaturated/α-hetero) is 2. The summed E-state index contributed by atoms with van der Waals surface area (Å²) in [5.74, 6) is -0.231. The summed E-state index contributed by atoms with van der Waals surface area (Å²) < 4.78 is 0. The van der Waals surface area contributed by atoms with Crippen molar-refractivity contribution in [2.45, 2.75) is 65.9 Å². The molecule has 3 nitrogen and oxygen atoms in total. The maximum Gasteiger partial charge on any atom is 0.193 e. The number of hydrogen-bond donors (Lipinski definition) is 1. The maximum absolute atomic E-state index is 12.0. The van der Waals surface area contributed by atoms with Gasteiger partial charge in [-0.1, -0.05) is 81.6 Å². The zero-order valence-electron chi connectivity index (χ0n) is 17.2. The van der Waals surface area contributed by atoms with Crippen molar-refractivity contribution in [1.82, 2.24) is 0 Å². The number of rotatable bonds is 7. The molecule has 0 amide bonds. The highest BCUT2D eigenvalue weighted by Gasteiger charge is 2.24. The topological polar surface area (TPSA) is 54.4 Å². The molecule has 0 aliphatic carbocycles. The van der Waals surface area contributed by atoms with Crippen LogP contribution in [0.3, 0.4) is 0 Å². The van der Waals surface area contributed by atoms with Crippen LogP contribution < -0.4 is 0 Å². The third kappa shape index (κ3) is 7.88. The monoisotopic (exact) mass is 368 g/mol. The van der Waals surface area contributed by atoms with Gasteiger partial charge >= 0.3 is 0 Å². The van der Waals surface area contributed by atoms with Gasteiger partial charge in [-0.15, -0.1) is 0 Å². The molecule has 3 heteroatoms. The molecule has 146 valence electrons. The molecule has 0 radical (unpaired) electrons. The molecule has 2 aromatic carbocycles. The SMILES string of the molecule is CC(=O)c1ccc(Cc2ccc(C(=O)C(C)(C)O)cc2)cc1.CCCCC. The van der Waals surface area contributed by atoms with Crippen molar-refractivity contribution in [3.63, 3.8) is 0 Å². The predicted molar refractivity (Wildman–Crippen MR) is 112 cm³/mol. The summed E-state index contributed by atoms with van der Waals surface area (Å²) in [6.45, 7) is 8.94. The maximum atomic E-state index is 12.0. The van der Waals surface area contributed by atoms with Gasteiger partial charge in [-0.25, -0.2) is 0 Å². The molecule has 0 aromatic heterocycles. The summed E-state index contributed by atoms with van der Waals surface area (Å²) in [5.41, 5.74) is 2.02. The Hall–Kier alpha value is -2.26. The average Bonchev–Trinajstić information content (AvgIpc) is 2.63. The highest BCUT2D eigenvalue weighted by Crippen LogP contribution is 2.16. The van der Waals surface area contributed by atoms with Gasteiger partial charge in [0.2, 0.25) is 0 Å². The summed E-state index contributed by atoms with van der Waals surface area (Å²) >= 11 is 0. The van der Waals surface area contributed by atoms with Crippen LogP contribution in [-0.2, 0) is 6.42 Å². The van der Waals surface area contributed by atoms with Gasteiger partial charge in [-0.05, 0) is 38.3 Å². The van der Waals surface area contributed by atoms with Crippen molar-refractivity contribution in [2.75, 3.05) is 0 Å². The zero-order chi connectivity index (χ0) is 20.4. The van der Waals surface area contributed by atoms with E-state index in [-0.39, 0.29) is 11.6 Å². The van der Waals surface area contributed by atoms with Gasteiger partial charge in [0.1, 0.15) is 5.60 Å². The molecule has 0 aliphatic heterocycles. The minimum absolute atomic E-state index is 0.0565. The van der Waals surface area contributed by atoms with Gasteiger partial charge in [0, 0.05) is 11.1 Å². The average molecular weight is 369 g/mol. The number of carbonyl (C=O) groups excluding carboxylic acids is 2. The van der Waals surface area contributed by atoms with Gasteiger partial charge in [-0.2, -0.15) is 0 Å². The number of hydrogen-bond acceptors (Lipinski definition) is 3. The Bertz CT molecular complexity index is 718. The van der Waals surface area contributed by atoms with Crippen molar-refractivity contribution >= 4 is 11.6 Å². The lowest BCUT2D eigenvalue weighted by molar-refractivity contribution is 0.0488. The zero-order valence-corrected chi connectivity index (χ0v) is 17.2. The Morgan fingerprint density at radius 3 is 1.52 bits per heavy atom. The highest BCUT2D eigenvalue weighted by molar-refractivity contribution is 6.01. The second kappa shape index (κ2) is 10.8. The highest BCUT2D eigenvalue weighted by atomic mass is 16.3. The van der Waals surface area contributed by atoms with E-state index < -0.39 is 5.60 Å². The molecule has 0 saturated heterocycles. The molecule has 0 aliphatic rings. The van der Waals surface area contributed by atoms with Crippen LogP contribution in [0, 0.1) is 0 Å². The van der Waals surface area contributed by atoms with Crippen molar-refractivity contribution in [3.05, 3.63) is 70.8 Å². The molecule has 27 heavy (non-hydrogen) atoms. The lowest BCUT2D eigenvalue weighted by atomic mass is 9.95. The van der Waals surface area contributed by atoms with Crippen molar-refractivity contribution in [3.8, 4) is 0 Å².